The zero-order valence-corrected chi connectivity index (χ0v) is 16.2. The van der Waals surface area contributed by atoms with Crippen molar-refractivity contribution >= 4 is 32.7 Å². The van der Waals surface area contributed by atoms with Crippen LogP contribution in [0.15, 0.2) is 40.5 Å². The smallest absolute Gasteiger partial charge is 0.196 e. The minimum atomic E-state index is -3.34. The number of nitrogens with zero attached hydrogens (tertiary/aromatic N) is 3. The van der Waals surface area contributed by atoms with E-state index in [2.05, 4.69) is 10.1 Å². The highest BCUT2D eigenvalue weighted by Gasteiger charge is 2.20. The van der Waals surface area contributed by atoms with Gasteiger partial charge >= 0.3 is 0 Å². The summed E-state index contributed by atoms with van der Waals surface area (Å²) >= 11 is 0.814. The summed E-state index contributed by atoms with van der Waals surface area (Å²) in [4.78, 5) is 16.9. The van der Waals surface area contributed by atoms with Crippen LogP contribution in [-0.4, -0.2) is 62.5 Å². The number of hydrogen-bond acceptors (Lipinski definition) is 8. The predicted octanol–water partition coefficient (Wildman–Crippen LogP) is 1.53. The Kier molecular flexibility index (Phi) is 5.98. The molecule has 0 aliphatic carbocycles. The molecule has 0 spiro atoms. The molecule has 0 radical (unpaired) electrons. The molecule has 1 aromatic heterocycles. The van der Waals surface area contributed by atoms with E-state index in [4.69, 9.17) is 4.74 Å². The number of hydrogen-bond donors (Lipinski definition) is 0. The van der Waals surface area contributed by atoms with Gasteiger partial charge in [0, 0.05) is 11.8 Å². The number of ether oxygens (including phenoxy) is 1. The second kappa shape index (κ2) is 8.24. The van der Waals surface area contributed by atoms with Crippen molar-refractivity contribution in [2.24, 2.45) is 5.10 Å². The first-order valence-electron chi connectivity index (χ1n) is 8.18. The Morgan fingerprint density at radius 2 is 1.96 bits per heavy atom. The molecule has 0 saturated carbocycles. The van der Waals surface area contributed by atoms with Gasteiger partial charge in [0.1, 0.15) is 10.7 Å². The number of rotatable bonds is 6. The summed E-state index contributed by atoms with van der Waals surface area (Å²) < 4.78 is 41.7. The summed E-state index contributed by atoms with van der Waals surface area (Å²) in [5, 5.41) is 6.10. The van der Waals surface area contributed by atoms with Gasteiger partial charge in [-0.3, -0.25) is 9.80 Å². The SMILES string of the molecule is CS(=O)(=O)c1ccc(/C(=N\N2CCOCC2)C(=O)Cc2ncc(F)s2)cc1. The molecule has 1 aromatic carbocycles. The first-order chi connectivity index (χ1) is 12.8. The molecule has 10 heteroatoms. The average Bonchev–Trinajstić information content (AvgIpc) is 3.04. The molecule has 2 aromatic rings. The summed E-state index contributed by atoms with van der Waals surface area (Å²) in [6.07, 6.45) is 2.12. The van der Waals surface area contributed by atoms with Gasteiger partial charge in [-0.15, -0.1) is 0 Å². The van der Waals surface area contributed by atoms with Crippen LogP contribution in [-0.2, 0) is 25.8 Å². The zero-order chi connectivity index (χ0) is 19.4. The molecule has 2 heterocycles. The van der Waals surface area contributed by atoms with Crippen LogP contribution in [0.4, 0.5) is 4.39 Å². The van der Waals surface area contributed by atoms with Crippen LogP contribution in [0.5, 0.6) is 0 Å². The zero-order valence-electron chi connectivity index (χ0n) is 14.6. The van der Waals surface area contributed by atoms with Crippen molar-refractivity contribution in [3.05, 3.63) is 46.2 Å². The maximum absolute atomic E-state index is 13.2. The van der Waals surface area contributed by atoms with E-state index in [-0.39, 0.29) is 22.8 Å². The number of hydrazone groups is 1. The summed E-state index contributed by atoms with van der Waals surface area (Å²) in [5.41, 5.74) is 0.684. The Labute approximate surface area is 160 Å². The van der Waals surface area contributed by atoms with E-state index in [1.165, 1.54) is 12.1 Å². The number of carbonyl (C=O) groups excluding carboxylic acids is 1. The summed E-state index contributed by atoms with van der Waals surface area (Å²) in [5.74, 6) is -0.317. The largest absolute Gasteiger partial charge is 0.378 e. The van der Waals surface area contributed by atoms with E-state index >= 15 is 0 Å². The van der Waals surface area contributed by atoms with Crippen molar-refractivity contribution in [2.75, 3.05) is 32.6 Å². The molecule has 1 fully saturated rings. The van der Waals surface area contributed by atoms with Gasteiger partial charge in [0.2, 0.25) is 0 Å². The fourth-order valence-electron chi connectivity index (χ4n) is 2.52. The van der Waals surface area contributed by atoms with Crippen LogP contribution in [0.3, 0.4) is 0 Å². The Hall–Kier alpha value is -2.17. The third-order valence-electron chi connectivity index (χ3n) is 3.89. The Balaban J connectivity index is 1.91. The predicted molar refractivity (Wildman–Crippen MR) is 99.3 cm³/mol. The highest BCUT2D eigenvalue weighted by Crippen LogP contribution is 2.16. The van der Waals surface area contributed by atoms with Crippen molar-refractivity contribution in [3.8, 4) is 0 Å². The Bertz CT molecular complexity index is 949. The Morgan fingerprint density at radius 3 is 2.52 bits per heavy atom. The van der Waals surface area contributed by atoms with Gasteiger partial charge in [0.15, 0.2) is 20.8 Å². The molecule has 7 nitrogen and oxygen atoms in total. The number of carbonyl (C=O) groups is 1. The molecule has 0 amide bonds. The molecule has 0 atom stereocenters. The summed E-state index contributed by atoms with van der Waals surface area (Å²) in [6, 6.07) is 5.98. The van der Waals surface area contributed by atoms with Crippen molar-refractivity contribution < 1.29 is 22.3 Å². The van der Waals surface area contributed by atoms with E-state index in [9.17, 15) is 17.6 Å². The van der Waals surface area contributed by atoms with Crippen LogP contribution in [0.25, 0.3) is 0 Å². The normalized spacial score (nSPS) is 15.8. The van der Waals surface area contributed by atoms with Crippen LogP contribution >= 0.6 is 11.3 Å². The van der Waals surface area contributed by atoms with Crippen LogP contribution < -0.4 is 0 Å². The lowest BCUT2D eigenvalue weighted by Gasteiger charge is -2.25. The minimum absolute atomic E-state index is 0.0778. The van der Waals surface area contributed by atoms with Gasteiger partial charge in [-0.1, -0.05) is 23.5 Å². The molecule has 3 rings (SSSR count). The molecule has 0 unspecified atom stereocenters. The molecular formula is C17H18FN3O4S2. The summed E-state index contributed by atoms with van der Waals surface area (Å²) in [7, 11) is -3.34. The van der Waals surface area contributed by atoms with Gasteiger partial charge in [0.25, 0.3) is 0 Å². The molecule has 0 bridgehead atoms. The molecule has 1 aliphatic heterocycles. The third-order valence-corrected chi connectivity index (χ3v) is 5.80. The molecule has 27 heavy (non-hydrogen) atoms. The third kappa shape index (κ3) is 5.18. The number of benzene rings is 1. The van der Waals surface area contributed by atoms with E-state index in [1.807, 2.05) is 0 Å². The monoisotopic (exact) mass is 411 g/mol. The highest BCUT2D eigenvalue weighted by molar-refractivity contribution is 7.90. The lowest BCUT2D eigenvalue weighted by molar-refractivity contribution is -0.112. The number of ketones is 1. The number of aromatic nitrogens is 1. The molecule has 144 valence electrons. The van der Waals surface area contributed by atoms with Crippen LogP contribution in [0.2, 0.25) is 0 Å². The number of morpholine rings is 1. The number of Topliss-reactive ketones (excluding diaryl/α,β-unsaturated/α-hetero) is 1. The van der Waals surface area contributed by atoms with Crippen molar-refractivity contribution in [1.29, 1.82) is 0 Å². The number of halogens is 1. The van der Waals surface area contributed by atoms with Gasteiger partial charge in [-0.25, -0.2) is 13.4 Å². The molecular weight excluding hydrogens is 393 g/mol. The van der Waals surface area contributed by atoms with Gasteiger partial charge in [-0.2, -0.15) is 9.49 Å². The number of thiazole rings is 1. The van der Waals surface area contributed by atoms with Crippen LogP contribution in [0.1, 0.15) is 10.6 Å². The lowest BCUT2D eigenvalue weighted by atomic mass is 10.0. The van der Waals surface area contributed by atoms with E-state index < -0.39 is 15.0 Å². The van der Waals surface area contributed by atoms with Crippen molar-refractivity contribution in [2.45, 2.75) is 11.3 Å². The molecule has 0 N–H and O–H groups in total. The lowest BCUT2D eigenvalue weighted by Crippen LogP contribution is -2.34. The quantitative estimate of drug-likeness (QED) is 0.670. The topological polar surface area (TPSA) is 88.9 Å². The second-order valence-electron chi connectivity index (χ2n) is 5.97. The summed E-state index contributed by atoms with van der Waals surface area (Å²) in [6.45, 7) is 2.11. The van der Waals surface area contributed by atoms with Gasteiger partial charge in [-0.05, 0) is 12.1 Å². The minimum Gasteiger partial charge on any atom is -0.378 e. The fraction of sp³-hybridized carbons (Fsp3) is 0.353. The maximum Gasteiger partial charge on any atom is 0.196 e. The van der Waals surface area contributed by atoms with E-state index in [0.717, 1.165) is 23.8 Å². The standard InChI is InChI=1S/C17H18FN3O4S2/c1-27(23,24)13-4-2-12(3-5-13)17(20-21-6-8-25-9-7-21)14(22)10-16-19-11-15(18)26-16/h2-5,11H,6-10H2,1H3/b20-17+. The van der Waals surface area contributed by atoms with Crippen molar-refractivity contribution in [3.63, 3.8) is 0 Å². The Morgan fingerprint density at radius 1 is 1.30 bits per heavy atom. The fourth-order valence-corrected chi connectivity index (χ4v) is 3.79. The van der Waals surface area contributed by atoms with Crippen LogP contribution in [0, 0.1) is 5.13 Å². The second-order valence-corrected chi connectivity index (χ2v) is 9.05. The van der Waals surface area contributed by atoms with Gasteiger partial charge < -0.3 is 4.74 Å². The number of sulfone groups is 1. The van der Waals surface area contributed by atoms with E-state index in [1.54, 1.807) is 17.1 Å². The molecule has 1 saturated heterocycles. The molecule has 1 aliphatic rings. The first kappa shape index (κ1) is 19.6. The first-order valence-corrected chi connectivity index (χ1v) is 10.9. The maximum atomic E-state index is 13.2. The van der Waals surface area contributed by atoms with Crippen molar-refractivity contribution in [1.82, 2.24) is 9.99 Å². The average molecular weight is 411 g/mol. The highest BCUT2D eigenvalue weighted by atomic mass is 32.2. The van der Waals surface area contributed by atoms with E-state index in [0.29, 0.717) is 36.9 Å². The van der Waals surface area contributed by atoms with Gasteiger partial charge in [0.05, 0.1) is 43.8 Å².